The van der Waals surface area contributed by atoms with Crippen molar-refractivity contribution in [3.63, 3.8) is 0 Å². The van der Waals surface area contributed by atoms with Crippen LogP contribution in [0.15, 0.2) is 18.3 Å². The lowest BCUT2D eigenvalue weighted by molar-refractivity contribution is -0.139. The number of morpholine rings is 1. The number of nitrogens with zero attached hydrogens (tertiary/aromatic N) is 3. The fourth-order valence-corrected chi connectivity index (χ4v) is 3.43. The lowest BCUT2D eigenvalue weighted by Gasteiger charge is -2.33. The molecule has 7 heteroatoms. The highest BCUT2D eigenvalue weighted by atomic mass is 16.5. The van der Waals surface area contributed by atoms with Gasteiger partial charge in [-0.3, -0.25) is 9.59 Å². The van der Waals surface area contributed by atoms with Gasteiger partial charge < -0.3 is 20.3 Å². The van der Waals surface area contributed by atoms with E-state index in [9.17, 15) is 9.59 Å². The van der Waals surface area contributed by atoms with E-state index in [0.29, 0.717) is 44.9 Å². The monoisotopic (exact) mass is 346 g/mol. The molecule has 3 rings (SSSR count). The molecule has 0 radical (unpaired) electrons. The fourth-order valence-electron chi connectivity index (χ4n) is 3.43. The van der Waals surface area contributed by atoms with Crippen LogP contribution < -0.4 is 5.73 Å². The van der Waals surface area contributed by atoms with E-state index in [4.69, 9.17) is 10.5 Å². The Labute approximate surface area is 148 Å². The van der Waals surface area contributed by atoms with Crippen LogP contribution in [0.3, 0.4) is 0 Å². The Bertz CT molecular complexity index is 622. The molecule has 136 valence electrons. The number of rotatable bonds is 6. The summed E-state index contributed by atoms with van der Waals surface area (Å²) in [6.07, 6.45) is 5.38. The van der Waals surface area contributed by atoms with Crippen molar-refractivity contribution in [3.8, 4) is 0 Å². The number of anilines is 1. The SMILES string of the molecule is Nc1cc(CC[C@@H]2CN(C(=O)CCN3CCCC3=O)CCO2)ccn1. The first kappa shape index (κ1) is 17.7. The first-order chi connectivity index (χ1) is 12.1. The van der Waals surface area contributed by atoms with Gasteiger partial charge in [0.1, 0.15) is 5.82 Å². The molecule has 2 saturated heterocycles. The van der Waals surface area contributed by atoms with Gasteiger partial charge in [-0.05, 0) is 37.0 Å². The molecular weight excluding hydrogens is 320 g/mol. The number of aromatic nitrogens is 1. The third-order valence-corrected chi connectivity index (χ3v) is 4.86. The van der Waals surface area contributed by atoms with E-state index in [1.54, 1.807) is 11.1 Å². The number of hydrogen-bond donors (Lipinski definition) is 1. The van der Waals surface area contributed by atoms with Gasteiger partial charge in [0, 0.05) is 45.2 Å². The van der Waals surface area contributed by atoms with Gasteiger partial charge in [0.05, 0.1) is 12.7 Å². The Hall–Kier alpha value is -2.15. The molecule has 3 heterocycles. The molecule has 0 aromatic carbocycles. The molecule has 2 fully saturated rings. The normalized spacial score (nSPS) is 21.0. The Kier molecular flexibility index (Phi) is 5.86. The second-order valence-electron chi connectivity index (χ2n) is 6.69. The first-order valence-electron chi connectivity index (χ1n) is 8.99. The number of nitrogens with two attached hydrogens (primary N) is 1. The molecular formula is C18H26N4O3. The summed E-state index contributed by atoms with van der Waals surface area (Å²) in [7, 11) is 0. The Morgan fingerprint density at radius 1 is 1.40 bits per heavy atom. The van der Waals surface area contributed by atoms with Gasteiger partial charge >= 0.3 is 0 Å². The van der Waals surface area contributed by atoms with Crippen LogP contribution in [0.4, 0.5) is 5.82 Å². The topological polar surface area (TPSA) is 88.8 Å². The molecule has 2 N–H and O–H groups in total. The van der Waals surface area contributed by atoms with Gasteiger partial charge in [-0.15, -0.1) is 0 Å². The van der Waals surface area contributed by atoms with Crippen LogP contribution >= 0.6 is 0 Å². The maximum absolute atomic E-state index is 12.4. The molecule has 1 aromatic rings. The van der Waals surface area contributed by atoms with Crippen molar-refractivity contribution in [2.75, 3.05) is 38.5 Å². The molecule has 25 heavy (non-hydrogen) atoms. The van der Waals surface area contributed by atoms with E-state index in [1.165, 1.54) is 0 Å². The average molecular weight is 346 g/mol. The van der Waals surface area contributed by atoms with Crippen molar-refractivity contribution in [3.05, 3.63) is 23.9 Å². The molecule has 0 aliphatic carbocycles. The summed E-state index contributed by atoms with van der Waals surface area (Å²) in [6, 6.07) is 3.83. The molecule has 0 spiro atoms. The molecule has 2 aliphatic heterocycles. The van der Waals surface area contributed by atoms with Crippen LogP contribution in [0.5, 0.6) is 0 Å². The summed E-state index contributed by atoms with van der Waals surface area (Å²) in [5.74, 6) is 0.806. The maximum Gasteiger partial charge on any atom is 0.224 e. The zero-order valence-electron chi connectivity index (χ0n) is 14.5. The number of amides is 2. The van der Waals surface area contributed by atoms with Crippen LogP contribution in [0.25, 0.3) is 0 Å². The van der Waals surface area contributed by atoms with Crippen LogP contribution in [0.1, 0.15) is 31.2 Å². The first-order valence-corrected chi connectivity index (χ1v) is 8.99. The third-order valence-electron chi connectivity index (χ3n) is 4.86. The predicted molar refractivity (Wildman–Crippen MR) is 93.7 cm³/mol. The average Bonchev–Trinajstić information content (AvgIpc) is 3.03. The highest BCUT2D eigenvalue weighted by Gasteiger charge is 2.26. The van der Waals surface area contributed by atoms with Gasteiger partial charge in [0.2, 0.25) is 11.8 Å². The summed E-state index contributed by atoms with van der Waals surface area (Å²) in [4.78, 5) is 31.7. The summed E-state index contributed by atoms with van der Waals surface area (Å²) in [5, 5.41) is 0. The molecule has 0 bridgehead atoms. The quantitative estimate of drug-likeness (QED) is 0.824. The van der Waals surface area contributed by atoms with Gasteiger partial charge in [0.25, 0.3) is 0 Å². The second-order valence-corrected chi connectivity index (χ2v) is 6.69. The maximum atomic E-state index is 12.4. The summed E-state index contributed by atoms with van der Waals surface area (Å²) < 4.78 is 5.80. The minimum atomic E-state index is 0.0421. The van der Waals surface area contributed by atoms with Crippen molar-refractivity contribution in [1.29, 1.82) is 0 Å². The zero-order chi connectivity index (χ0) is 17.6. The number of carbonyl (C=O) groups excluding carboxylic acids is 2. The van der Waals surface area contributed by atoms with Crippen molar-refractivity contribution >= 4 is 17.6 Å². The standard InChI is InChI=1S/C18H26N4O3/c19-16-12-14(5-7-20-16)3-4-15-13-22(10-11-25-15)18(24)6-9-21-8-1-2-17(21)23/h5,7,12,15H,1-4,6,8-11,13H2,(H2,19,20)/t15-/m1/s1. The van der Waals surface area contributed by atoms with E-state index in [0.717, 1.165) is 31.4 Å². The van der Waals surface area contributed by atoms with Gasteiger partial charge in [-0.25, -0.2) is 4.98 Å². The van der Waals surface area contributed by atoms with Crippen molar-refractivity contribution in [2.24, 2.45) is 0 Å². The predicted octanol–water partition coefficient (Wildman–Crippen LogP) is 0.836. The smallest absolute Gasteiger partial charge is 0.224 e. The second kappa shape index (κ2) is 8.29. The lowest BCUT2D eigenvalue weighted by atomic mass is 10.1. The third kappa shape index (κ3) is 4.92. The van der Waals surface area contributed by atoms with E-state index in [2.05, 4.69) is 4.98 Å². The fraction of sp³-hybridized carbons (Fsp3) is 0.611. The van der Waals surface area contributed by atoms with E-state index in [-0.39, 0.29) is 17.9 Å². The molecule has 1 aromatic heterocycles. The molecule has 0 saturated carbocycles. The molecule has 1 atom stereocenters. The minimum absolute atomic E-state index is 0.0421. The number of likely N-dealkylation sites (tertiary alicyclic amines) is 1. The van der Waals surface area contributed by atoms with Crippen molar-refractivity contribution in [1.82, 2.24) is 14.8 Å². The minimum Gasteiger partial charge on any atom is -0.384 e. The summed E-state index contributed by atoms with van der Waals surface area (Å²) >= 11 is 0. The van der Waals surface area contributed by atoms with Crippen LogP contribution in [-0.4, -0.2) is 65.5 Å². The molecule has 0 unspecified atom stereocenters. The summed E-state index contributed by atoms with van der Waals surface area (Å²) in [6.45, 7) is 3.14. The Balaban J connectivity index is 1.43. The number of pyridine rings is 1. The highest BCUT2D eigenvalue weighted by molar-refractivity contribution is 5.80. The van der Waals surface area contributed by atoms with Crippen LogP contribution in [0.2, 0.25) is 0 Å². The highest BCUT2D eigenvalue weighted by Crippen LogP contribution is 2.15. The van der Waals surface area contributed by atoms with Gasteiger partial charge in [-0.1, -0.05) is 0 Å². The van der Waals surface area contributed by atoms with E-state index >= 15 is 0 Å². The number of aryl methyl sites for hydroxylation is 1. The van der Waals surface area contributed by atoms with Gasteiger partial charge in [-0.2, -0.15) is 0 Å². The summed E-state index contributed by atoms with van der Waals surface area (Å²) in [5.41, 5.74) is 6.83. The van der Waals surface area contributed by atoms with Crippen LogP contribution in [-0.2, 0) is 20.7 Å². The largest absolute Gasteiger partial charge is 0.384 e. The molecule has 7 nitrogen and oxygen atoms in total. The number of nitrogen functional groups attached to an aromatic ring is 1. The number of ether oxygens (including phenoxy) is 1. The van der Waals surface area contributed by atoms with Gasteiger partial charge in [0.15, 0.2) is 0 Å². The Morgan fingerprint density at radius 3 is 3.04 bits per heavy atom. The Morgan fingerprint density at radius 2 is 2.28 bits per heavy atom. The van der Waals surface area contributed by atoms with E-state index < -0.39 is 0 Å². The molecule has 2 aliphatic rings. The van der Waals surface area contributed by atoms with Crippen molar-refractivity contribution < 1.29 is 14.3 Å². The lowest BCUT2D eigenvalue weighted by Crippen LogP contribution is -2.46. The van der Waals surface area contributed by atoms with E-state index in [1.807, 2.05) is 17.0 Å². The number of hydrogen-bond acceptors (Lipinski definition) is 5. The number of carbonyl (C=O) groups is 2. The van der Waals surface area contributed by atoms with Crippen LogP contribution in [0, 0.1) is 0 Å². The zero-order valence-corrected chi connectivity index (χ0v) is 14.5. The van der Waals surface area contributed by atoms with Crippen molar-refractivity contribution in [2.45, 2.75) is 38.2 Å². The molecule has 2 amide bonds.